The minimum atomic E-state index is -0.497. The Kier molecular flexibility index (Phi) is 7.18. The molecule has 18 heavy (non-hydrogen) atoms. The van der Waals surface area contributed by atoms with Gasteiger partial charge in [-0.2, -0.15) is 0 Å². The number of aliphatic hydroxyl groups excluding tert-OH is 1. The van der Waals surface area contributed by atoms with Gasteiger partial charge >= 0.3 is 0 Å². The smallest absolute Gasteiger partial charge is 0.237 e. The number of hydrogen-bond acceptors (Lipinski definition) is 3. The van der Waals surface area contributed by atoms with Crippen LogP contribution in [0.25, 0.3) is 0 Å². The second kappa shape index (κ2) is 7.31. The highest BCUT2D eigenvalue weighted by molar-refractivity contribution is 5.85. The Morgan fingerprint density at radius 3 is 2.44 bits per heavy atom. The zero-order valence-corrected chi connectivity index (χ0v) is 12.4. The molecule has 2 unspecified atom stereocenters. The lowest BCUT2D eigenvalue weighted by Crippen LogP contribution is -2.50. The van der Waals surface area contributed by atoms with Gasteiger partial charge in [0.25, 0.3) is 0 Å². The van der Waals surface area contributed by atoms with Crippen LogP contribution in [0.1, 0.15) is 46.5 Å². The van der Waals surface area contributed by atoms with Gasteiger partial charge in [-0.25, -0.2) is 0 Å². The summed E-state index contributed by atoms with van der Waals surface area (Å²) in [5.41, 5.74) is 5.64. The zero-order chi connectivity index (χ0) is 13.1. The largest absolute Gasteiger partial charge is 0.393 e. The number of carbonyl (C=O) groups excluding carboxylic acids is 1. The molecule has 0 saturated heterocycles. The lowest BCUT2D eigenvalue weighted by atomic mass is 9.85. The number of carbonyl (C=O) groups is 1. The molecule has 1 fully saturated rings. The van der Waals surface area contributed by atoms with E-state index in [0.29, 0.717) is 6.54 Å². The minimum absolute atomic E-state index is 0. The van der Waals surface area contributed by atoms with Gasteiger partial charge in [-0.15, -0.1) is 12.4 Å². The van der Waals surface area contributed by atoms with Crippen molar-refractivity contribution >= 4 is 18.3 Å². The molecular formula is C13H27ClN2O2. The van der Waals surface area contributed by atoms with E-state index in [4.69, 9.17) is 5.73 Å². The predicted molar refractivity (Wildman–Crippen MR) is 75.7 cm³/mol. The molecule has 0 bridgehead atoms. The Labute approximate surface area is 116 Å². The van der Waals surface area contributed by atoms with Crippen LogP contribution in [0.2, 0.25) is 0 Å². The number of aliphatic hydroxyl groups is 1. The molecule has 4 nitrogen and oxygen atoms in total. The summed E-state index contributed by atoms with van der Waals surface area (Å²) >= 11 is 0. The summed E-state index contributed by atoms with van der Waals surface area (Å²) in [6.07, 6.45) is 3.81. The summed E-state index contributed by atoms with van der Waals surface area (Å²) in [5, 5.41) is 12.7. The topological polar surface area (TPSA) is 75.4 Å². The first-order valence-electron chi connectivity index (χ1n) is 6.53. The number of nitrogens with one attached hydrogen (secondary N) is 1. The fourth-order valence-electron chi connectivity index (χ4n) is 2.16. The second-order valence-corrected chi connectivity index (χ2v) is 6.20. The van der Waals surface area contributed by atoms with Crippen LogP contribution in [-0.2, 0) is 4.79 Å². The van der Waals surface area contributed by atoms with E-state index in [9.17, 15) is 9.90 Å². The third-order valence-corrected chi connectivity index (χ3v) is 3.62. The third kappa shape index (κ3) is 5.12. The van der Waals surface area contributed by atoms with Gasteiger partial charge in [-0.05, 0) is 18.3 Å². The van der Waals surface area contributed by atoms with Gasteiger partial charge in [0.05, 0.1) is 12.1 Å². The molecule has 0 aromatic heterocycles. The van der Waals surface area contributed by atoms with Crippen molar-refractivity contribution in [2.45, 2.75) is 58.6 Å². The van der Waals surface area contributed by atoms with E-state index >= 15 is 0 Å². The van der Waals surface area contributed by atoms with Crippen molar-refractivity contribution in [2.75, 3.05) is 6.54 Å². The molecule has 3 atom stereocenters. The van der Waals surface area contributed by atoms with Gasteiger partial charge < -0.3 is 16.2 Å². The first-order chi connectivity index (χ1) is 7.82. The molecule has 1 saturated carbocycles. The van der Waals surface area contributed by atoms with Crippen LogP contribution in [0.5, 0.6) is 0 Å². The summed E-state index contributed by atoms with van der Waals surface area (Å²) < 4.78 is 0. The van der Waals surface area contributed by atoms with Crippen LogP contribution in [0.15, 0.2) is 0 Å². The number of hydrogen-bond donors (Lipinski definition) is 3. The monoisotopic (exact) mass is 278 g/mol. The molecule has 1 aliphatic carbocycles. The van der Waals surface area contributed by atoms with Gasteiger partial charge in [0.1, 0.15) is 0 Å². The molecule has 0 aromatic carbocycles. The van der Waals surface area contributed by atoms with Gasteiger partial charge in [0.2, 0.25) is 5.91 Å². The molecule has 108 valence electrons. The first-order valence-corrected chi connectivity index (χ1v) is 6.53. The van der Waals surface area contributed by atoms with Crippen LogP contribution < -0.4 is 11.1 Å². The molecule has 5 heteroatoms. The second-order valence-electron chi connectivity index (χ2n) is 6.20. The number of nitrogens with two attached hydrogens (primary N) is 1. The SMILES string of the molecule is CC(C)(C)[C@H](N)C(=O)NCC1CCCCC1O.Cl. The molecular weight excluding hydrogens is 252 g/mol. The van der Waals surface area contributed by atoms with Crippen molar-refractivity contribution < 1.29 is 9.90 Å². The van der Waals surface area contributed by atoms with Gasteiger partial charge in [-0.1, -0.05) is 33.6 Å². The Morgan fingerprint density at radius 2 is 1.94 bits per heavy atom. The Hall–Kier alpha value is -0.320. The van der Waals surface area contributed by atoms with Gasteiger partial charge in [0.15, 0.2) is 0 Å². The maximum atomic E-state index is 11.8. The van der Waals surface area contributed by atoms with E-state index in [-0.39, 0.29) is 35.8 Å². The highest BCUT2D eigenvalue weighted by Crippen LogP contribution is 2.24. The zero-order valence-electron chi connectivity index (χ0n) is 11.6. The Balaban J connectivity index is 0.00000289. The van der Waals surface area contributed by atoms with E-state index in [2.05, 4.69) is 5.32 Å². The maximum absolute atomic E-state index is 11.8. The van der Waals surface area contributed by atoms with Crippen molar-refractivity contribution in [1.82, 2.24) is 5.32 Å². The lowest BCUT2D eigenvalue weighted by Gasteiger charge is -2.30. The maximum Gasteiger partial charge on any atom is 0.237 e. The summed E-state index contributed by atoms with van der Waals surface area (Å²) in [6, 6.07) is -0.497. The van der Waals surface area contributed by atoms with Gasteiger partial charge in [0, 0.05) is 12.5 Å². The summed E-state index contributed by atoms with van der Waals surface area (Å²) in [6.45, 7) is 6.40. The molecule has 1 rings (SSSR count). The predicted octanol–water partition coefficient (Wildman–Crippen LogP) is 1.45. The standard InChI is InChI=1S/C13H26N2O2.ClH/c1-13(2,3)11(14)12(17)15-8-9-6-4-5-7-10(9)16;/h9-11,16H,4-8,14H2,1-3H3,(H,15,17);1H/t9?,10?,11-;/m1./s1. The van der Waals surface area contributed by atoms with Crippen LogP contribution in [0.3, 0.4) is 0 Å². The van der Waals surface area contributed by atoms with E-state index in [0.717, 1.165) is 25.7 Å². The fraction of sp³-hybridized carbons (Fsp3) is 0.923. The number of amides is 1. The molecule has 4 N–H and O–H groups in total. The van der Waals surface area contributed by atoms with Crippen molar-refractivity contribution in [1.29, 1.82) is 0 Å². The van der Waals surface area contributed by atoms with E-state index in [1.807, 2.05) is 20.8 Å². The summed E-state index contributed by atoms with van der Waals surface area (Å²) in [7, 11) is 0. The van der Waals surface area contributed by atoms with Crippen molar-refractivity contribution in [3.63, 3.8) is 0 Å². The summed E-state index contributed by atoms with van der Waals surface area (Å²) in [4.78, 5) is 11.8. The van der Waals surface area contributed by atoms with Crippen molar-refractivity contribution in [3.05, 3.63) is 0 Å². The fourth-order valence-corrected chi connectivity index (χ4v) is 2.16. The van der Waals surface area contributed by atoms with Crippen molar-refractivity contribution in [3.8, 4) is 0 Å². The van der Waals surface area contributed by atoms with E-state index < -0.39 is 6.04 Å². The quantitative estimate of drug-likeness (QED) is 0.731. The molecule has 1 amide bonds. The Morgan fingerprint density at radius 1 is 1.39 bits per heavy atom. The average molecular weight is 279 g/mol. The Bertz CT molecular complexity index is 266. The molecule has 1 aliphatic rings. The first kappa shape index (κ1) is 17.7. The van der Waals surface area contributed by atoms with Crippen LogP contribution in [0.4, 0.5) is 0 Å². The lowest BCUT2D eigenvalue weighted by molar-refractivity contribution is -0.124. The molecule has 0 spiro atoms. The van der Waals surface area contributed by atoms with Crippen LogP contribution in [0, 0.1) is 11.3 Å². The van der Waals surface area contributed by atoms with E-state index in [1.54, 1.807) is 0 Å². The average Bonchev–Trinajstić information content (AvgIpc) is 2.25. The van der Waals surface area contributed by atoms with Gasteiger partial charge in [-0.3, -0.25) is 4.79 Å². The molecule has 0 aromatic rings. The normalized spacial score (nSPS) is 26.1. The third-order valence-electron chi connectivity index (χ3n) is 3.62. The number of rotatable bonds is 3. The van der Waals surface area contributed by atoms with Crippen molar-refractivity contribution in [2.24, 2.45) is 17.1 Å². The van der Waals surface area contributed by atoms with Crippen LogP contribution >= 0.6 is 12.4 Å². The van der Waals surface area contributed by atoms with E-state index in [1.165, 1.54) is 0 Å². The molecule has 0 radical (unpaired) electrons. The number of halogens is 1. The molecule has 0 heterocycles. The molecule has 0 aliphatic heterocycles. The highest BCUT2D eigenvalue weighted by Gasteiger charge is 2.29. The highest BCUT2D eigenvalue weighted by atomic mass is 35.5. The summed E-state index contributed by atoms with van der Waals surface area (Å²) in [5.74, 6) is 0.0788. The minimum Gasteiger partial charge on any atom is -0.393 e. The van der Waals surface area contributed by atoms with Crippen LogP contribution in [-0.4, -0.2) is 29.7 Å².